The average molecular weight is 426 g/mol. The van der Waals surface area contributed by atoms with Gasteiger partial charge in [-0.1, -0.05) is 0 Å². The molecule has 0 unspecified atom stereocenters. The first-order valence-electron chi connectivity index (χ1n) is 9.48. The highest BCUT2D eigenvalue weighted by Crippen LogP contribution is 2.24. The maximum Gasteiger partial charge on any atom is 0.337 e. The summed E-state index contributed by atoms with van der Waals surface area (Å²) in [5.41, 5.74) is 1.07. The predicted molar refractivity (Wildman–Crippen MR) is 111 cm³/mol. The van der Waals surface area contributed by atoms with Crippen LogP contribution in [0.4, 0.5) is 15.3 Å². The highest BCUT2D eigenvalue weighted by Gasteiger charge is 2.24. The lowest BCUT2D eigenvalue weighted by molar-refractivity contribution is 0.0696. The lowest BCUT2D eigenvalue weighted by Crippen LogP contribution is -2.25. The van der Waals surface area contributed by atoms with E-state index < -0.39 is 5.97 Å². The molecule has 7 nitrogen and oxygen atoms in total. The number of aromatic nitrogens is 2. The van der Waals surface area contributed by atoms with Gasteiger partial charge in [-0.05, 0) is 61.6 Å². The highest BCUT2D eigenvalue weighted by atomic mass is 32.1. The first-order valence-corrected chi connectivity index (χ1v) is 10.3. The summed E-state index contributed by atoms with van der Waals surface area (Å²) in [6.07, 6.45) is 6.01. The third-order valence-corrected chi connectivity index (χ3v) is 5.63. The maximum atomic E-state index is 14.2. The van der Waals surface area contributed by atoms with Crippen molar-refractivity contribution in [1.29, 1.82) is 0 Å². The van der Waals surface area contributed by atoms with E-state index in [9.17, 15) is 14.0 Å². The molecule has 0 saturated heterocycles. The number of pyridine rings is 1. The molecule has 30 heavy (non-hydrogen) atoms. The number of carbonyl (C=O) groups excluding carboxylic acids is 1. The van der Waals surface area contributed by atoms with Crippen LogP contribution in [-0.4, -0.2) is 33.0 Å². The smallest absolute Gasteiger partial charge is 0.337 e. The van der Waals surface area contributed by atoms with Gasteiger partial charge in [0.05, 0.1) is 5.56 Å². The van der Waals surface area contributed by atoms with Gasteiger partial charge in [0.25, 0.3) is 5.91 Å². The third-order valence-electron chi connectivity index (χ3n) is 4.66. The predicted octanol–water partition coefficient (Wildman–Crippen LogP) is 3.80. The van der Waals surface area contributed by atoms with E-state index in [0.717, 1.165) is 17.7 Å². The van der Waals surface area contributed by atoms with E-state index in [1.165, 1.54) is 35.7 Å². The summed E-state index contributed by atoms with van der Waals surface area (Å²) in [4.78, 5) is 32.3. The molecule has 2 aromatic heterocycles. The fourth-order valence-corrected chi connectivity index (χ4v) is 3.67. The Balaban J connectivity index is 1.37. The zero-order valence-electron chi connectivity index (χ0n) is 15.9. The van der Waals surface area contributed by atoms with Crippen LogP contribution in [0.2, 0.25) is 0 Å². The maximum absolute atomic E-state index is 14.2. The van der Waals surface area contributed by atoms with E-state index in [0.29, 0.717) is 34.9 Å². The van der Waals surface area contributed by atoms with Gasteiger partial charge in [0.15, 0.2) is 5.13 Å². The lowest BCUT2D eigenvalue weighted by atomic mass is 10.0. The second-order valence-corrected chi connectivity index (χ2v) is 8.16. The van der Waals surface area contributed by atoms with E-state index in [1.807, 2.05) is 0 Å². The van der Waals surface area contributed by atoms with Crippen LogP contribution in [0.3, 0.4) is 0 Å². The highest BCUT2D eigenvalue weighted by molar-refractivity contribution is 7.15. The number of carboxylic acid groups (broad SMARTS) is 1. The Morgan fingerprint density at radius 3 is 2.60 bits per heavy atom. The molecule has 0 atom stereocenters. The number of nitrogens with zero attached hydrogens (tertiary/aromatic N) is 2. The number of carbonyl (C=O) groups is 2. The van der Waals surface area contributed by atoms with E-state index in [1.54, 1.807) is 18.3 Å². The van der Waals surface area contributed by atoms with Crippen LogP contribution in [0.1, 0.15) is 44.0 Å². The van der Waals surface area contributed by atoms with Gasteiger partial charge in [-0.15, -0.1) is 11.3 Å². The van der Waals surface area contributed by atoms with Crippen molar-refractivity contribution in [2.45, 2.75) is 31.7 Å². The monoisotopic (exact) mass is 426 g/mol. The summed E-state index contributed by atoms with van der Waals surface area (Å²) in [5, 5.41) is 15.5. The fourth-order valence-electron chi connectivity index (χ4n) is 2.85. The summed E-state index contributed by atoms with van der Waals surface area (Å²) in [7, 11) is 0. The molecule has 1 aliphatic rings. The van der Waals surface area contributed by atoms with Crippen molar-refractivity contribution in [2.75, 3.05) is 5.32 Å². The van der Waals surface area contributed by atoms with Crippen LogP contribution >= 0.6 is 11.3 Å². The number of thiazole rings is 1. The van der Waals surface area contributed by atoms with Gasteiger partial charge in [0, 0.05) is 28.9 Å². The van der Waals surface area contributed by atoms with Crippen LogP contribution in [0.25, 0.3) is 0 Å². The summed E-state index contributed by atoms with van der Waals surface area (Å²) < 4.78 is 14.2. The largest absolute Gasteiger partial charge is 0.478 e. The van der Waals surface area contributed by atoms with Crippen molar-refractivity contribution in [3.63, 3.8) is 0 Å². The SMILES string of the molecule is O=C(O)c1ccc(Nc2ncc(CCc3cc(C(=O)NC4CC4)ccc3F)s2)nc1. The number of benzene rings is 1. The Morgan fingerprint density at radius 2 is 1.90 bits per heavy atom. The average Bonchev–Trinajstić information content (AvgIpc) is 3.44. The number of halogens is 1. The minimum atomic E-state index is -1.04. The van der Waals surface area contributed by atoms with Gasteiger partial charge >= 0.3 is 5.97 Å². The third kappa shape index (κ3) is 4.98. The van der Waals surface area contributed by atoms with Crippen molar-refractivity contribution in [2.24, 2.45) is 0 Å². The zero-order valence-corrected chi connectivity index (χ0v) is 16.7. The number of aryl methyl sites for hydroxylation is 2. The van der Waals surface area contributed by atoms with Gasteiger partial charge in [-0.2, -0.15) is 0 Å². The molecule has 0 spiro atoms. The number of hydrogen-bond acceptors (Lipinski definition) is 6. The Morgan fingerprint density at radius 1 is 1.10 bits per heavy atom. The second kappa shape index (κ2) is 8.58. The van der Waals surface area contributed by atoms with Crippen molar-refractivity contribution in [3.8, 4) is 0 Å². The van der Waals surface area contributed by atoms with Crippen LogP contribution in [-0.2, 0) is 12.8 Å². The van der Waals surface area contributed by atoms with Crippen LogP contribution in [0.5, 0.6) is 0 Å². The molecule has 154 valence electrons. The number of nitrogens with one attached hydrogen (secondary N) is 2. The van der Waals surface area contributed by atoms with Gasteiger partial charge in [0.2, 0.25) is 0 Å². The first-order chi connectivity index (χ1) is 14.5. The van der Waals surface area contributed by atoms with Gasteiger partial charge < -0.3 is 15.7 Å². The van der Waals surface area contributed by atoms with Gasteiger partial charge in [-0.25, -0.2) is 19.2 Å². The normalized spacial score (nSPS) is 13.1. The number of anilines is 2. The molecule has 0 bridgehead atoms. The molecule has 1 saturated carbocycles. The van der Waals surface area contributed by atoms with Crippen LogP contribution in [0, 0.1) is 5.82 Å². The zero-order chi connectivity index (χ0) is 21.1. The van der Waals surface area contributed by atoms with Crippen molar-refractivity contribution < 1.29 is 19.1 Å². The summed E-state index contributed by atoms with van der Waals surface area (Å²) in [6.45, 7) is 0. The molecule has 3 aromatic rings. The standard InChI is InChI=1S/C21H19FN4O3S/c22-17-7-2-13(19(27)25-15-4-5-15)9-12(17)1-6-16-11-24-21(30-16)26-18-8-3-14(10-23-18)20(28)29/h2-3,7-11,15H,1,4-6H2,(H,25,27)(H,28,29)(H,23,24,26). The van der Waals surface area contributed by atoms with Crippen LogP contribution in [0.15, 0.2) is 42.7 Å². The van der Waals surface area contributed by atoms with E-state index in [4.69, 9.17) is 5.11 Å². The topological polar surface area (TPSA) is 104 Å². The summed E-state index contributed by atoms with van der Waals surface area (Å²) in [5.74, 6) is -1.04. The number of hydrogen-bond donors (Lipinski definition) is 3. The summed E-state index contributed by atoms with van der Waals surface area (Å²) >= 11 is 1.41. The molecule has 0 aliphatic heterocycles. The minimum absolute atomic E-state index is 0.107. The molecule has 2 heterocycles. The van der Waals surface area contributed by atoms with Crippen molar-refractivity contribution in [3.05, 3.63) is 70.1 Å². The molecule has 3 N–H and O–H groups in total. The van der Waals surface area contributed by atoms with E-state index in [2.05, 4.69) is 20.6 Å². The molecule has 1 aromatic carbocycles. The van der Waals surface area contributed by atoms with Gasteiger partial charge in [-0.3, -0.25) is 4.79 Å². The van der Waals surface area contributed by atoms with Crippen molar-refractivity contribution in [1.82, 2.24) is 15.3 Å². The Bertz CT molecular complexity index is 1080. The van der Waals surface area contributed by atoms with Crippen LogP contribution < -0.4 is 10.6 Å². The van der Waals surface area contributed by atoms with E-state index >= 15 is 0 Å². The van der Waals surface area contributed by atoms with E-state index in [-0.39, 0.29) is 23.3 Å². The Hall–Kier alpha value is -3.33. The fraction of sp³-hybridized carbons (Fsp3) is 0.238. The molecule has 1 amide bonds. The quantitative estimate of drug-likeness (QED) is 0.506. The molecule has 4 rings (SSSR count). The van der Waals surface area contributed by atoms with Crippen molar-refractivity contribution >= 4 is 34.2 Å². The number of carboxylic acids is 1. The lowest BCUT2D eigenvalue weighted by Gasteiger charge is -2.07. The molecule has 1 aliphatic carbocycles. The first kappa shape index (κ1) is 20.0. The number of rotatable bonds is 8. The molecule has 9 heteroatoms. The molecular formula is C21H19FN4O3S. The Labute approximate surface area is 176 Å². The number of amides is 1. The summed E-state index contributed by atoms with van der Waals surface area (Å²) in [6, 6.07) is 7.74. The Kier molecular flexibility index (Phi) is 5.71. The number of aromatic carboxylic acids is 1. The minimum Gasteiger partial charge on any atom is -0.478 e. The molecule has 0 radical (unpaired) electrons. The van der Waals surface area contributed by atoms with Gasteiger partial charge in [0.1, 0.15) is 11.6 Å². The molecule has 1 fully saturated rings. The second-order valence-electron chi connectivity index (χ2n) is 7.05. The molecular weight excluding hydrogens is 407 g/mol.